The number of carbonyl (C=O) groups excluding carboxylic acids is 2. The minimum absolute atomic E-state index is 0.514. The molecule has 0 heterocycles. The Hall–Kier alpha value is -3.53. The fraction of sp³-hybridized carbons (Fsp3) is 0.118. The second-order valence-electron chi connectivity index (χ2n) is 4.98. The van der Waals surface area contributed by atoms with Crippen molar-refractivity contribution in [1.29, 1.82) is 5.26 Å². The van der Waals surface area contributed by atoms with Gasteiger partial charge in [0.1, 0.15) is 17.5 Å². The van der Waals surface area contributed by atoms with Gasteiger partial charge in [-0.1, -0.05) is 0 Å². The second kappa shape index (κ2) is 7.65. The van der Waals surface area contributed by atoms with Crippen LogP contribution in [-0.2, 0) is 4.79 Å². The van der Waals surface area contributed by atoms with Gasteiger partial charge in [0, 0.05) is 5.69 Å². The van der Waals surface area contributed by atoms with Crippen LogP contribution >= 0.6 is 0 Å². The number of amides is 3. The standard InChI is InChI=1S/C17H16N4O3/c1-11(16(22)21-17(19)23)20-13-4-8-15(9-5-13)24-14-6-2-12(10-18)3-7-14/h2-9,11,20H,1H3,(H3,19,21,22,23)/t11-/m0/s1. The van der Waals surface area contributed by atoms with Crippen molar-refractivity contribution in [3.8, 4) is 17.6 Å². The van der Waals surface area contributed by atoms with Gasteiger partial charge < -0.3 is 15.8 Å². The van der Waals surface area contributed by atoms with Crippen molar-refractivity contribution in [3.63, 3.8) is 0 Å². The van der Waals surface area contributed by atoms with Gasteiger partial charge >= 0.3 is 6.03 Å². The van der Waals surface area contributed by atoms with E-state index < -0.39 is 18.0 Å². The number of rotatable bonds is 5. The van der Waals surface area contributed by atoms with Crippen molar-refractivity contribution >= 4 is 17.6 Å². The summed E-state index contributed by atoms with van der Waals surface area (Å²) in [6, 6.07) is 14.2. The summed E-state index contributed by atoms with van der Waals surface area (Å²) in [5.74, 6) is 0.712. The number of nitrogens with zero attached hydrogens (tertiary/aromatic N) is 1. The van der Waals surface area contributed by atoms with Crippen LogP contribution in [0.3, 0.4) is 0 Å². The van der Waals surface area contributed by atoms with Crippen molar-refractivity contribution in [2.45, 2.75) is 13.0 Å². The number of primary amides is 1. The van der Waals surface area contributed by atoms with E-state index in [1.165, 1.54) is 0 Å². The molecule has 2 aromatic carbocycles. The Morgan fingerprint density at radius 1 is 1.08 bits per heavy atom. The molecule has 1 atom stereocenters. The molecule has 0 bridgehead atoms. The highest BCUT2D eigenvalue weighted by molar-refractivity contribution is 5.97. The molecule has 2 aromatic rings. The zero-order valence-electron chi connectivity index (χ0n) is 12.9. The number of nitriles is 1. The maximum absolute atomic E-state index is 11.6. The van der Waals surface area contributed by atoms with E-state index in [0.29, 0.717) is 22.7 Å². The van der Waals surface area contributed by atoms with E-state index in [9.17, 15) is 9.59 Å². The van der Waals surface area contributed by atoms with Crippen LogP contribution in [0.2, 0.25) is 0 Å². The lowest BCUT2D eigenvalue weighted by Crippen LogP contribution is -2.43. The maximum Gasteiger partial charge on any atom is 0.318 e. The van der Waals surface area contributed by atoms with Crippen LogP contribution in [0.1, 0.15) is 12.5 Å². The lowest BCUT2D eigenvalue weighted by Gasteiger charge is -2.14. The highest BCUT2D eigenvalue weighted by Crippen LogP contribution is 2.23. The molecule has 7 nitrogen and oxygen atoms in total. The molecule has 122 valence electrons. The molecule has 0 unspecified atom stereocenters. The number of imide groups is 1. The minimum atomic E-state index is -0.889. The Morgan fingerprint density at radius 3 is 2.12 bits per heavy atom. The third-order valence-corrected chi connectivity index (χ3v) is 3.10. The van der Waals surface area contributed by atoms with E-state index >= 15 is 0 Å². The molecule has 0 aromatic heterocycles. The van der Waals surface area contributed by atoms with Crippen LogP contribution < -0.4 is 21.1 Å². The van der Waals surface area contributed by atoms with Crippen molar-refractivity contribution in [2.75, 3.05) is 5.32 Å². The van der Waals surface area contributed by atoms with Gasteiger partial charge in [0.25, 0.3) is 0 Å². The van der Waals surface area contributed by atoms with Gasteiger partial charge in [-0.3, -0.25) is 10.1 Å². The molecule has 24 heavy (non-hydrogen) atoms. The predicted molar refractivity (Wildman–Crippen MR) is 88.5 cm³/mol. The minimum Gasteiger partial charge on any atom is -0.457 e. The average Bonchev–Trinajstić information content (AvgIpc) is 2.56. The number of ether oxygens (including phenoxy) is 1. The number of nitrogens with two attached hydrogens (primary N) is 1. The van der Waals surface area contributed by atoms with Gasteiger partial charge in [-0.2, -0.15) is 5.26 Å². The van der Waals surface area contributed by atoms with Crippen molar-refractivity contribution < 1.29 is 14.3 Å². The maximum atomic E-state index is 11.6. The third kappa shape index (κ3) is 4.74. The van der Waals surface area contributed by atoms with E-state index in [4.69, 9.17) is 15.7 Å². The van der Waals surface area contributed by atoms with E-state index in [1.54, 1.807) is 55.5 Å². The Labute approximate surface area is 139 Å². The van der Waals surface area contributed by atoms with E-state index in [2.05, 4.69) is 5.32 Å². The molecule has 0 aliphatic carbocycles. The summed E-state index contributed by atoms with van der Waals surface area (Å²) in [6.45, 7) is 1.61. The van der Waals surface area contributed by atoms with Crippen molar-refractivity contribution in [2.24, 2.45) is 5.73 Å². The zero-order valence-corrected chi connectivity index (χ0v) is 12.9. The number of benzene rings is 2. The van der Waals surface area contributed by atoms with E-state index in [1.807, 2.05) is 11.4 Å². The molecular formula is C17H16N4O3. The summed E-state index contributed by atoms with van der Waals surface area (Å²) in [5.41, 5.74) is 6.15. The van der Waals surface area contributed by atoms with E-state index in [-0.39, 0.29) is 0 Å². The van der Waals surface area contributed by atoms with Gasteiger partial charge in [0.05, 0.1) is 11.6 Å². The molecule has 3 amide bonds. The second-order valence-corrected chi connectivity index (χ2v) is 4.98. The summed E-state index contributed by atoms with van der Waals surface area (Å²) in [6.07, 6.45) is 0. The lowest BCUT2D eigenvalue weighted by molar-refractivity contribution is -0.120. The number of hydrogen-bond donors (Lipinski definition) is 3. The summed E-state index contributed by atoms with van der Waals surface area (Å²) in [5, 5.41) is 13.7. The number of urea groups is 1. The molecule has 0 spiro atoms. The predicted octanol–water partition coefficient (Wildman–Crippen LogP) is 2.35. The molecule has 4 N–H and O–H groups in total. The SMILES string of the molecule is C[C@H](Nc1ccc(Oc2ccc(C#N)cc2)cc1)C(=O)NC(N)=O. The normalized spacial score (nSPS) is 11.0. The highest BCUT2D eigenvalue weighted by atomic mass is 16.5. The van der Waals surface area contributed by atoms with Gasteiger partial charge in [-0.05, 0) is 55.5 Å². The number of hydrogen-bond acceptors (Lipinski definition) is 5. The molecule has 0 radical (unpaired) electrons. The fourth-order valence-electron chi connectivity index (χ4n) is 1.90. The van der Waals surface area contributed by atoms with E-state index in [0.717, 1.165) is 0 Å². The monoisotopic (exact) mass is 324 g/mol. The fourth-order valence-corrected chi connectivity index (χ4v) is 1.90. The lowest BCUT2D eigenvalue weighted by atomic mass is 10.2. The molecule has 7 heteroatoms. The molecule has 0 saturated heterocycles. The molecule has 0 fully saturated rings. The highest BCUT2D eigenvalue weighted by Gasteiger charge is 2.13. The first-order valence-electron chi connectivity index (χ1n) is 7.13. The Morgan fingerprint density at radius 2 is 1.62 bits per heavy atom. The topological polar surface area (TPSA) is 117 Å². The number of anilines is 1. The Balaban J connectivity index is 1.96. The molecular weight excluding hydrogens is 308 g/mol. The summed E-state index contributed by atoms with van der Waals surface area (Å²) >= 11 is 0. The van der Waals surface area contributed by atoms with Crippen LogP contribution in [0.15, 0.2) is 48.5 Å². The first-order valence-corrected chi connectivity index (χ1v) is 7.13. The summed E-state index contributed by atoms with van der Waals surface area (Å²) in [4.78, 5) is 22.2. The third-order valence-electron chi connectivity index (χ3n) is 3.10. The molecule has 0 saturated carbocycles. The van der Waals surface area contributed by atoms with Crippen LogP contribution in [0.5, 0.6) is 11.5 Å². The van der Waals surface area contributed by atoms with Crippen LogP contribution in [0.25, 0.3) is 0 Å². The smallest absolute Gasteiger partial charge is 0.318 e. The Bertz CT molecular complexity index is 764. The van der Waals surface area contributed by atoms with Gasteiger partial charge in [-0.15, -0.1) is 0 Å². The summed E-state index contributed by atoms with van der Waals surface area (Å²) in [7, 11) is 0. The molecule has 0 aliphatic heterocycles. The number of carbonyl (C=O) groups is 2. The summed E-state index contributed by atoms with van der Waals surface area (Å²) < 4.78 is 5.66. The van der Waals surface area contributed by atoms with Crippen LogP contribution in [0, 0.1) is 11.3 Å². The number of nitrogens with one attached hydrogen (secondary N) is 2. The first kappa shape index (κ1) is 16.8. The average molecular weight is 324 g/mol. The van der Waals surface area contributed by atoms with Crippen molar-refractivity contribution in [1.82, 2.24) is 5.32 Å². The quantitative estimate of drug-likeness (QED) is 0.780. The van der Waals surface area contributed by atoms with Gasteiger partial charge in [0.15, 0.2) is 0 Å². The molecule has 0 aliphatic rings. The van der Waals surface area contributed by atoms with Gasteiger partial charge in [0.2, 0.25) is 5.91 Å². The largest absolute Gasteiger partial charge is 0.457 e. The van der Waals surface area contributed by atoms with Crippen LogP contribution in [-0.4, -0.2) is 18.0 Å². The van der Waals surface area contributed by atoms with Crippen LogP contribution in [0.4, 0.5) is 10.5 Å². The zero-order chi connectivity index (χ0) is 17.5. The van der Waals surface area contributed by atoms with Gasteiger partial charge in [-0.25, -0.2) is 4.79 Å². The first-order chi connectivity index (χ1) is 11.5. The van der Waals surface area contributed by atoms with Crippen molar-refractivity contribution in [3.05, 3.63) is 54.1 Å². The molecule has 2 rings (SSSR count). The Kier molecular flexibility index (Phi) is 5.36.